The monoisotopic (exact) mass is 325 g/mol. The molecule has 0 radical (unpaired) electrons. The Morgan fingerprint density at radius 3 is 2.57 bits per heavy atom. The Balaban J connectivity index is 1.89. The molecule has 0 aromatic heterocycles. The third-order valence-corrected chi connectivity index (χ3v) is 4.41. The van der Waals surface area contributed by atoms with Gasteiger partial charge in [0.15, 0.2) is 0 Å². The summed E-state index contributed by atoms with van der Waals surface area (Å²) in [5.41, 5.74) is 0.0171. The highest BCUT2D eigenvalue weighted by molar-refractivity contribution is 6.42. The SMILES string of the molecule is N#CC1(NC(=O)CNc2ccc(Cl)c(Cl)c2)CCCCC1. The number of amides is 1. The van der Waals surface area contributed by atoms with Gasteiger partial charge in [0.2, 0.25) is 5.91 Å². The number of hydrogen-bond donors (Lipinski definition) is 2. The van der Waals surface area contributed by atoms with E-state index in [0.29, 0.717) is 15.7 Å². The summed E-state index contributed by atoms with van der Waals surface area (Å²) in [6, 6.07) is 7.35. The van der Waals surface area contributed by atoms with E-state index in [0.717, 1.165) is 32.1 Å². The molecule has 0 heterocycles. The first-order valence-electron chi connectivity index (χ1n) is 6.96. The molecule has 2 N–H and O–H groups in total. The molecule has 0 spiro atoms. The zero-order chi connectivity index (χ0) is 15.3. The third-order valence-electron chi connectivity index (χ3n) is 3.67. The average Bonchev–Trinajstić information content (AvgIpc) is 2.49. The maximum atomic E-state index is 12.0. The first-order chi connectivity index (χ1) is 10.0. The molecule has 0 bridgehead atoms. The van der Waals surface area contributed by atoms with Gasteiger partial charge in [-0.25, -0.2) is 0 Å². The predicted octanol–water partition coefficient (Wildman–Crippen LogP) is 3.75. The summed E-state index contributed by atoms with van der Waals surface area (Å²) in [4.78, 5) is 12.0. The smallest absolute Gasteiger partial charge is 0.240 e. The molecule has 4 nitrogen and oxygen atoms in total. The van der Waals surface area contributed by atoms with Gasteiger partial charge in [0, 0.05) is 5.69 Å². The van der Waals surface area contributed by atoms with E-state index in [4.69, 9.17) is 23.2 Å². The standard InChI is InChI=1S/C15H17Cl2N3O/c16-12-5-4-11(8-13(12)17)19-9-14(21)20-15(10-18)6-2-1-3-7-15/h4-5,8,19H,1-3,6-7,9H2,(H,20,21). The summed E-state index contributed by atoms with van der Waals surface area (Å²) < 4.78 is 0. The zero-order valence-electron chi connectivity index (χ0n) is 11.6. The molecular weight excluding hydrogens is 309 g/mol. The summed E-state index contributed by atoms with van der Waals surface area (Å²) in [5.74, 6) is -0.190. The molecule has 2 rings (SSSR count). The molecule has 0 saturated heterocycles. The lowest BCUT2D eigenvalue weighted by molar-refractivity contribution is -0.121. The van der Waals surface area contributed by atoms with Crippen molar-refractivity contribution in [1.82, 2.24) is 5.32 Å². The number of hydrogen-bond acceptors (Lipinski definition) is 3. The second-order valence-corrected chi connectivity index (χ2v) is 6.10. The highest BCUT2D eigenvalue weighted by Gasteiger charge is 2.33. The molecule has 112 valence electrons. The van der Waals surface area contributed by atoms with Crippen LogP contribution in [-0.4, -0.2) is 18.0 Å². The molecule has 0 atom stereocenters. The van der Waals surface area contributed by atoms with Gasteiger partial charge >= 0.3 is 0 Å². The second-order valence-electron chi connectivity index (χ2n) is 5.29. The molecule has 1 aliphatic carbocycles. The van der Waals surface area contributed by atoms with Crippen molar-refractivity contribution < 1.29 is 4.79 Å². The fraction of sp³-hybridized carbons (Fsp3) is 0.467. The van der Waals surface area contributed by atoms with Crippen molar-refractivity contribution in [1.29, 1.82) is 5.26 Å². The van der Waals surface area contributed by atoms with E-state index in [1.165, 1.54) is 0 Å². The zero-order valence-corrected chi connectivity index (χ0v) is 13.1. The van der Waals surface area contributed by atoms with E-state index in [-0.39, 0.29) is 12.5 Å². The lowest BCUT2D eigenvalue weighted by Gasteiger charge is -2.31. The molecule has 1 aliphatic rings. The topological polar surface area (TPSA) is 64.9 Å². The van der Waals surface area contributed by atoms with Crippen molar-refractivity contribution in [2.45, 2.75) is 37.6 Å². The summed E-state index contributed by atoms with van der Waals surface area (Å²) in [6.45, 7) is 0.0986. The minimum absolute atomic E-state index is 0.0986. The van der Waals surface area contributed by atoms with Crippen LogP contribution in [0.25, 0.3) is 0 Å². The molecule has 1 fully saturated rings. The fourth-order valence-electron chi connectivity index (χ4n) is 2.52. The van der Waals surface area contributed by atoms with Crippen LogP contribution in [0.1, 0.15) is 32.1 Å². The van der Waals surface area contributed by atoms with Crippen LogP contribution in [0.3, 0.4) is 0 Å². The number of carbonyl (C=O) groups excluding carboxylic acids is 1. The Labute approximate surface area is 134 Å². The largest absolute Gasteiger partial charge is 0.376 e. The Morgan fingerprint density at radius 2 is 1.95 bits per heavy atom. The third kappa shape index (κ3) is 4.26. The number of halogens is 2. The molecule has 21 heavy (non-hydrogen) atoms. The van der Waals surface area contributed by atoms with Gasteiger partial charge in [-0.2, -0.15) is 5.26 Å². The Hall–Kier alpha value is -1.44. The van der Waals surface area contributed by atoms with Gasteiger partial charge in [-0.3, -0.25) is 4.79 Å². The minimum Gasteiger partial charge on any atom is -0.376 e. The fourth-order valence-corrected chi connectivity index (χ4v) is 2.82. The van der Waals surface area contributed by atoms with Gasteiger partial charge in [-0.05, 0) is 31.0 Å². The van der Waals surface area contributed by atoms with Gasteiger partial charge < -0.3 is 10.6 Å². The summed E-state index contributed by atoms with van der Waals surface area (Å²) in [7, 11) is 0. The molecule has 6 heteroatoms. The molecule has 1 amide bonds. The number of rotatable bonds is 4. The highest BCUT2D eigenvalue weighted by atomic mass is 35.5. The van der Waals surface area contributed by atoms with Crippen LogP contribution in [0.5, 0.6) is 0 Å². The quantitative estimate of drug-likeness (QED) is 0.886. The Bertz CT molecular complexity index is 563. The summed E-state index contributed by atoms with van der Waals surface area (Å²) >= 11 is 11.7. The van der Waals surface area contributed by atoms with Crippen LogP contribution in [0.2, 0.25) is 10.0 Å². The lowest BCUT2D eigenvalue weighted by Crippen LogP contribution is -2.50. The molecular formula is C15H17Cl2N3O. The van der Waals surface area contributed by atoms with Crippen LogP contribution in [0.4, 0.5) is 5.69 Å². The number of carbonyl (C=O) groups is 1. The summed E-state index contributed by atoms with van der Waals surface area (Å²) in [5, 5.41) is 16.1. The molecule has 1 saturated carbocycles. The summed E-state index contributed by atoms with van der Waals surface area (Å²) in [6.07, 6.45) is 4.53. The number of benzene rings is 1. The van der Waals surface area contributed by atoms with Crippen LogP contribution in [-0.2, 0) is 4.79 Å². The first kappa shape index (κ1) is 15.9. The number of nitrogens with one attached hydrogen (secondary N) is 2. The van der Waals surface area contributed by atoms with Crippen molar-refractivity contribution in [2.24, 2.45) is 0 Å². The number of nitrogens with zero attached hydrogens (tertiary/aromatic N) is 1. The van der Waals surface area contributed by atoms with E-state index in [2.05, 4.69) is 16.7 Å². The van der Waals surface area contributed by atoms with Crippen molar-refractivity contribution in [3.05, 3.63) is 28.2 Å². The normalized spacial score (nSPS) is 16.8. The number of anilines is 1. The van der Waals surface area contributed by atoms with Gasteiger partial charge in [0.1, 0.15) is 5.54 Å². The predicted molar refractivity (Wildman–Crippen MR) is 84.5 cm³/mol. The molecule has 0 aliphatic heterocycles. The molecule has 0 unspecified atom stereocenters. The second kappa shape index (κ2) is 7.02. The Kier molecular flexibility index (Phi) is 5.33. The van der Waals surface area contributed by atoms with Gasteiger partial charge in [0.25, 0.3) is 0 Å². The van der Waals surface area contributed by atoms with Crippen LogP contribution < -0.4 is 10.6 Å². The van der Waals surface area contributed by atoms with E-state index in [1.54, 1.807) is 18.2 Å². The molecule has 1 aromatic carbocycles. The lowest BCUT2D eigenvalue weighted by atomic mass is 9.83. The van der Waals surface area contributed by atoms with Crippen molar-refractivity contribution in [3.8, 4) is 6.07 Å². The van der Waals surface area contributed by atoms with E-state index in [9.17, 15) is 10.1 Å². The van der Waals surface area contributed by atoms with Crippen molar-refractivity contribution >= 4 is 34.8 Å². The maximum Gasteiger partial charge on any atom is 0.240 e. The van der Waals surface area contributed by atoms with Gasteiger partial charge in [-0.1, -0.05) is 42.5 Å². The maximum absolute atomic E-state index is 12.0. The van der Waals surface area contributed by atoms with Crippen molar-refractivity contribution in [3.63, 3.8) is 0 Å². The van der Waals surface area contributed by atoms with Gasteiger partial charge in [0.05, 0.1) is 22.7 Å². The Morgan fingerprint density at radius 1 is 1.24 bits per heavy atom. The first-order valence-corrected chi connectivity index (χ1v) is 7.71. The van der Waals surface area contributed by atoms with Crippen LogP contribution in [0, 0.1) is 11.3 Å². The average molecular weight is 326 g/mol. The van der Waals surface area contributed by atoms with Crippen molar-refractivity contribution in [2.75, 3.05) is 11.9 Å². The van der Waals surface area contributed by atoms with Crippen LogP contribution >= 0.6 is 23.2 Å². The minimum atomic E-state index is -0.700. The van der Waals surface area contributed by atoms with Gasteiger partial charge in [-0.15, -0.1) is 0 Å². The number of nitriles is 1. The van der Waals surface area contributed by atoms with E-state index in [1.807, 2.05) is 0 Å². The molecule has 1 aromatic rings. The van der Waals surface area contributed by atoms with E-state index < -0.39 is 5.54 Å². The highest BCUT2D eigenvalue weighted by Crippen LogP contribution is 2.27. The van der Waals surface area contributed by atoms with Crippen LogP contribution in [0.15, 0.2) is 18.2 Å². The van der Waals surface area contributed by atoms with E-state index >= 15 is 0 Å².